The van der Waals surface area contributed by atoms with Crippen molar-refractivity contribution in [2.45, 2.75) is 38.3 Å². The molecule has 0 spiro atoms. The fourth-order valence-corrected chi connectivity index (χ4v) is 1.88. The molecule has 0 bridgehead atoms. The van der Waals surface area contributed by atoms with Gasteiger partial charge in [0.25, 0.3) is 5.91 Å². The molecule has 2 unspecified atom stereocenters. The van der Waals surface area contributed by atoms with Crippen LogP contribution in [0.1, 0.15) is 26.2 Å². The van der Waals surface area contributed by atoms with Gasteiger partial charge in [-0.2, -0.15) is 12.6 Å². The fraction of sp³-hybridized carbons (Fsp3) is 0.818. The Labute approximate surface area is 112 Å². The zero-order valence-electron chi connectivity index (χ0n) is 10.4. The van der Waals surface area contributed by atoms with E-state index < -0.39 is 30.6 Å². The number of thiol groups is 1. The van der Waals surface area contributed by atoms with Crippen molar-refractivity contribution >= 4 is 24.5 Å². The van der Waals surface area contributed by atoms with Crippen LogP contribution in [0.15, 0.2) is 0 Å². The SMILES string of the molecule is CCCCCN(C(=O)C(O)CO)C(CS)C(=O)O. The maximum atomic E-state index is 11.8. The highest BCUT2D eigenvalue weighted by atomic mass is 32.1. The van der Waals surface area contributed by atoms with Crippen LogP contribution in [0.3, 0.4) is 0 Å². The largest absolute Gasteiger partial charge is 0.480 e. The predicted molar refractivity (Wildman–Crippen MR) is 69.6 cm³/mol. The number of carbonyl (C=O) groups is 2. The zero-order chi connectivity index (χ0) is 14.1. The number of rotatable bonds is 9. The number of unbranched alkanes of at least 4 members (excludes halogenated alkanes) is 2. The van der Waals surface area contributed by atoms with Crippen molar-refractivity contribution in [2.24, 2.45) is 0 Å². The summed E-state index contributed by atoms with van der Waals surface area (Å²) < 4.78 is 0. The van der Waals surface area contributed by atoms with Gasteiger partial charge in [-0.3, -0.25) is 4.79 Å². The second kappa shape index (κ2) is 9.18. The lowest BCUT2D eigenvalue weighted by atomic mass is 10.2. The minimum absolute atomic E-state index is 0.0364. The van der Waals surface area contributed by atoms with E-state index in [0.29, 0.717) is 6.42 Å². The highest BCUT2D eigenvalue weighted by Gasteiger charge is 2.31. The van der Waals surface area contributed by atoms with E-state index >= 15 is 0 Å². The molecule has 0 rings (SSSR count). The summed E-state index contributed by atoms with van der Waals surface area (Å²) in [4.78, 5) is 23.9. The second-order valence-electron chi connectivity index (χ2n) is 3.97. The van der Waals surface area contributed by atoms with Gasteiger partial charge in [0.15, 0.2) is 6.10 Å². The summed E-state index contributed by atoms with van der Waals surface area (Å²) in [5.74, 6) is -1.97. The summed E-state index contributed by atoms with van der Waals surface area (Å²) >= 11 is 3.91. The maximum Gasteiger partial charge on any atom is 0.327 e. The van der Waals surface area contributed by atoms with Crippen LogP contribution in [0.25, 0.3) is 0 Å². The number of aliphatic carboxylic acids is 1. The van der Waals surface area contributed by atoms with E-state index in [-0.39, 0.29) is 12.3 Å². The van der Waals surface area contributed by atoms with Crippen molar-refractivity contribution in [3.63, 3.8) is 0 Å². The molecule has 1 amide bonds. The van der Waals surface area contributed by atoms with Gasteiger partial charge in [-0.1, -0.05) is 19.8 Å². The van der Waals surface area contributed by atoms with Gasteiger partial charge < -0.3 is 20.2 Å². The zero-order valence-corrected chi connectivity index (χ0v) is 11.3. The number of hydrogen-bond acceptors (Lipinski definition) is 5. The number of carboxylic acid groups (broad SMARTS) is 1. The molecule has 0 aliphatic rings. The summed E-state index contributed by atoms with van der Waals surface area (Å²) in [5.41, 5.74) is 0. The van der Waals surface area contributed by atoms with Gasteiger partial charge in [0.2, 0.25) is 0 Å². The van der Waals surface area contributed by atoms with E-state index in [2.05, 4.69) is 12.6 Å². The highest BCUT2D eigenvalue weighted by molar-refractivity contribution is 7.80. The van der Waals surface area contributed by atoms with Crippen LogP contribution in [-0.2, 0) is 9.59 Å². The van der Waals surface area contributed by atoms with Crippen LogP contribution >= 0.6 is 12.6 Å². The van der Waals surface area contributed by atoms with E-state index in [0.717, 1.165) is 17.7 Å². The average Bonchev–Trinajstić information content (AvgIpc) is 2.35. The van der Waals surface area contributed by atoms with Crippen LogP contribution in [-0.4, -0.2) is 63.1 Å². The first kappa shape index (κ1) is 17.2. The van der Waals surface area contributed by atoms with Crippen LogP contribution in [0.5, 0.6) is 0 Å². The van der Waals surface area contributed by atoms with E-state index in [9.17, 15) is 14.7 Å². The minimum Gasteiger partial charge on any atom is -0.480 e. The highest BCUT2D eigenvalue weighted by Crippen LogP contribution is 2.09. The van der Waals surface area contributed by atoms with Crippen LogP contribution in [0.4, 0.5) is 0 Å². The molecule has 0 aromatic heterocycles. The first-order valence-electron chi connectivity index (χ1n) is 5.92. The number of aliphatic hydroxyl groups excluding tert-OH is 2. The Morgan fingerprint density at radius 2 is 1.94 bits per heavy atom. The van der Waals surface area contributed by atoms with E-state index in [4.69, 9.17) is 10.2 Å². The number of carbonyl (C=O) groups excluding carboxylic acids is 1. The van der Waals surface area contributed by atoms with Gasteiger partial charge in [0, 0.05) is 12.3 Å². The van der Waals surface area contributed by atoms with Gasteiger partial charge >= 0.3 is 5.97 Å². The number of aliphatic hydroxyl groups is 2. The lowest BCUT2D eigenvalue weighted by Crippen LogP contribution is -2.51. The molecule has 3 N–H and O–H groups in total. The summed E-state index contributed by atoms with van der Waals surface area (Å²) in [6, 6.07) is -1.08. The number of amides is 1. The third-order valence-electron chi connectivity index (χ3n) is 2.58. The Hall–Kier alpha value is -0.790. The third-order valence-corrected chi connectivity index (χ3v) is 2.92. The summed E-state index contributed by atoms with van der Waals surface area (Å²) in [6.45, 7) is 1.51. The molecule has 0 saturated carbocycles. The lowest BCUT2D eigenvalue weighted by molar-refractivity contribution is -0.154. The number of carboxylic acids is 1. The Kier molecular flexibility index (Phi) is 8.78. The van der Waals surface area contributed by atoms with Crippen molar-refractivity contribution in [1.82, 2.24) is 4.90 Å². The molecule has 2 atom stereocenters. The van der Waals surface area contributed by atoms with Crippen LogP contribution in [0.2, 0.25) is 0 Å². The van der Waals surface area contributed by atoms with E-state index in [1.54, 1.807) is 0 Å². The molecule has 0 heterocycles. The smallest absolute Gasteiger partial charge is 0.327 e. The van der Waals surface area contributed by atoms with Crippen molar-refractivity contribution in [3.8, 4) is 0 Å². The Morgan fingerprint density at radius 1 is 1.33 bits per heavy atom. The minimum atomic E-state index is -1.58. The molecule has 0 aromatic carbocycles. The van der Waals surface area contributed by atoms with Gasteiger partial charge in [0.1, 0.15) is 6.04 Å². The normalized spacial score (nSPS) is 14.0. The molecule has 0 aliphatic heterocycles. The molecule has 18 heavy (non-hydrogen) atoms. The Morgan fingerprint density at radius 3 is 2.33 bits per heavy atom. The fourth-order valence-electron chi connectivity index (χ4n) is 1.53. The van der Waals surface area contributed by atoms with Crippen LogP contribution in [0, 0.1) is 0 Å². The molecular weight excluding hydrogens is 258 g/mol. The quantitative estimate of drug-likeness (QED) is 0.344. The van der Waals surface area contributed by atoms with Gasteiger partial charge in [0.05, 0.1) is 6.61 Å². The van der Waals surface area contributed by atoms with Gasteiger partial charge in [-0.15, -0.1) is 0 Å². The number of nitrogens with zero attached hydrogens (tertiary/aromatic N) is 1. The second-order valence-corrected chi connectivity index (χ2v) is 4.34. The molecule has 7 heteroatoms. The molecule has 6 nitrogen and oxygen atoms in total. The predicted octanol–water partition coefficient (Wildman–Crippen LogP) is -0.259. The van der Waals surface area contributed by atoms with Crippen LogP contribution < -0.4 is 0 Å². The lowest BCUT2D eigenvalue weighted by Gasteiger charge is -2.29. The number of hydrogen-bond donors (Lipinski definition) is 4. The van der Waals surface area contributed by atoms with Crippen molar-refractivity contribution in [3.05, 3.63) is 0 Å². The molecule has 0 aliphatic carbocycles. The summed E-state index contributed by atoms with van der Waals surface area (Å²) in [7, 11) is 0. The van der Waals surface area contributed by atoms with Gasteiger partial charge in [-0.05, 0) is 6.42 Å². The van der Waals surface area contributed by atoms with Crippen molar-refractivity contribution in [1.29, 1.82) is 0 Å². The molecule has 106 valence electrons. The summed E-state index contributed by atoms with van der Waals surface area (Å²) in [6.07, 6.45) is 0.868. The average molecular weight is 279 g/mol. The maximum absolute atomic E-state index is 11.8. The monoisotopic (exact) mass is 279 g/mol. The van der Waals surface area contributed by atoms with Gasteiger partial charge in [-0.25, -0.2) is 4.79 Å². The topological polar surface area (TPSA) is 98.1 Å². The molecular formula is C11H21NO5S. The summed E-state index contributed by atoms with van der Waals surface area (Å²) in [5, 5.41) is 27.1. The molecule has 0 fully saturated rings. The van der Waals surface area contributed by atoms with Crippen molar-refractivity contribution < 1.29 is 24.9 Å². The molecule has 0 aromatic rings. The third kappa shape index (κ3) is 5.24. The van der Waals surface area contributed by atoms with Crippen molar-refractivity contribution in [2.75, 3.05) is 18.9 Å². The molecule has 0 radical (unpaired) electrons. The Balaban J connectivity index is 4.79. The Bertz CT molecular complexity index is 274. The molecule has 0 saturated heterocycles. The standard InChI is InChI=1S/C11H21NO5S/c1-2-3-4-5-12(8(7-18)11(16)17)10(15)9(14)6-13/h8-9,13-14,18H,2-7H2,1H3,(H,16,17). The first-order valence-corrected chi connectivity index (χ1v) is 6.55. The first-order chi connectivity index (χ1) is 8.49. The van der Waals surface area contributed by atoms with E-state index in [1.165, 1.54) is 0 Å². The van der Waals surface area contributed by atoms with E-state index in [1.807, 2.05) is 6.92 Å².